The summed E-state index contributed by atoms with van der Waals surface area (Å²) in [5.41, 5.74) is 1.79. The molecule has 1 unspecified atom stereocenters. The van der Waals surface area contributed by atoms with Crippen LogP contribution in [0.25, 0.3) is 0 Å². The van der Waals surface area contributed by atoms with Gasteiger partial charge in [0, 0.05) is 22.8 Å². The average Bonchev–Trinajstić information content (AvgIpc) is 2.70. The molecule has 0 fully saturated rings. The molecule has 2 aromatic carbocycles. The summed E-state index contributed by atoms with van der Waals surface area (Å²) in [4.78, 5) is 9.78. The van der Waals surface area contributed by atoms with Gasteiger partial charge in [0.1, 0.15) is 5.82 Å². The molecule has 7 nitrogen and oxygen atoms in total. The molecule has 0 radical (unpaired) electrons. The molecule has 0 aliphatic carbocycles. The molecule has 3 aromatic rings. The van der Waals surface area contributed by atoms with Crippen molar-refractivity contribution in [3.05, 3.63) is 64.8 Å². The minimum absolute atomic E-state index is 0.203. The van der Waals surface area contributed by atoms with Gasteiger partial charge in [-0.2, -0.15) is 13.4 Å². The molecule has 10 heteroatoms. The van der Waals surface area contributed by atoms with Crippen molar-refractivity contribution in [2.75, 3.05) is 16.9 Å². The fourth-order valence-corrected chi connectivity index (χ4v) is 5.79. The summed E-state index contributed by atoms with van der Waals surface area (Å²) in [5.74, 6) is 1.17. The standard InChI is InChI=1S/C21H24BrN5O2S2/c1-14(2)24-20-19(22)13-23-21(26-20)25-16-7-9-17(10-8-16)30(4)27-31(28,29)18-11-5-15(3)6-12-18/h5-14H,1-4H3,(H2,23,24,25,26). The van der Waals surface area contributed by atoms with E-state index in [2.05, 4.69) is 40.3 Å². The van der Waals surface area contributed by atoms with Crippen molar-refractivity contribution >= 4 is 54.1 Å². The molecule has 0 saturated carbocycles. The first-order chi connectivity index (χ1) is 14.6. The Balaban J connectivity index is 1.77. The third-order valence-electron chi connectivity index (χ3n) is 4.15. The molecular formula is C21H24BrN5O2S2. The highest BCUT2D eigenvalue weighted by Gasteiger charge is 2.13. The predicted octanol–water partition coefficient (Wildman–Crippen LogP) is 5.29. The summed E-state index contributed by atoms with van der Waals surface area (Å²) in [6, 6.07) is 14.4. The number of benzene rings is 2. The second kappa shape index (κ2) is 9.88. The number of nitrogens with zero attached hydrogens (tertiary/aromatic N) is 3. The molecule has 0 amide bonds. The summed E-state index contributed by atoms with van der Waals surface area (Å²) in [7, 11) is -4.53. The van der Waals surface area contributed by atoms with Crippen LogP contribution in [0, 0.1) is 6.92 Å². The van der Waals surface area contributed by atoms with Gasteiger partial charge in [-0.15, -0.1) is 3.77 Å². The second-order valence-electron chi connectivity index (χ2n) is 7.18. The highest BCUT2D eigenvalue weighted by molar-refractivity contribution is 9.10. The fourth-order valence-electron chi connectivity index (χ4n) is 2.61. The molecule has 0 aliphatic rings. The first-order valence-corrected chi connectivity index (χ1v) is 13.3. The highest BCUT2D eigenvalue weighted by atomic mass is 79.9. The molecule has 1 atom stereocenters. The average molecular weight is 522 g/mol. The summed E-state index contributed by atoms with van der Waals surface area (Å²) in [6.07, 6.45) is 3.47. The molecule has 31 heavy (non-hydrogen) atoms. The van der Waals surface area contributed by atoms with Crippen molar-refractivity contribution in [3.8, 4) is 0 Å². The summed E-state index contributed by atoms with van der Waals surface area (Å²) < 4.78 is 30.0. The molecule has 0 bridgehead atoms. The van der Waals surface area contributed by atoms with Gasteiger partial charge in [0.25, 0.3) is 10.0 Å². The largest absolute Gasteiger partial charge is 0.367 e. The highest BCUT2D eigenvalue weighted by Crippen LogP contribution is 2.23. The van der Waals surface area contributed by atoms with Crippen LogP contribution in [-0.4, -0.2) is 30.7 Å². The zero-order valence-electron chi connectivity index (χ0n) is 17.6. The van der Waals surface area contributed by atoms with Gasteiger partial charge in [-0.05, 0) is 79.4 Å². The van der Waals surface area contributed by atoms with E-state index in [1.165, 1.54) is 0 Å². The van der Waals surface area contributed by atoms with Crippen molar-refractivity contribution in [1.29, 1.82) is 0 Å². The lowest BCUT2D eigenvalue weighted by molar-refractivity contribution is 0.598. The van der Waals surface area contributed by atoms with E-state index in [4.69, 9.17) is 0 Å². The van der Waals surface area contributed by atoms with Crippen molar-refractivity contribution in [2.24, 2.45) is 3.77 Å². The van der Waals surface area contributed by atoms with Gasteiger partial charge in [0.2, 0.25) is 5.95 Å². The van der Waals surface area contributed by atoms with Crippen molar-refractivity contribution in [1.82, 2.24) is 9.97 Å². The third-order valence-corrected chi connectivity index (χ3v) is 8.23. The maximum Gasteiger partial charge on any atom is 0.288 e. The molecule has 3 rings (SSSR count). The molecule has 2 N–H and O–H groups in total. The van der Waals surface area contributed by atoms with Crippen LogP contribution < -0.4 is 10.6 Å². The van der Waals surface area contributed by atoms with Gasteiger partial charge in [-0.25, -0.2) is 4.98 Å². The van der Waals surface area contributed by atoms with Crippen molar-refractivity contribution in [3.63, 3.8) is 0 Å². The minimum atomic E-state index is -3.71. The Kier molecular flexibility index (Phi) is 7.45. The van der Waals surface area contributed by atoms with Crippen LogP contribution in [0.3, 0.4) is 0 Å². The Morgan fingerprint density at radius 3 is 2.32 bits per heavy atom. The minimum Gasteiger partial charge on any atom is -0.367 e. The van der Waals surface area contributed by atoms with Gasteiger partial charge in [-0.3, -0.25) is 0 Å². The van der Waals surface area contributed by atoms with Crippen molar-refractivity contribution in [2.45, 2.75) is 36.6 Å². The Morgan fingerprint density at radius 2 is 1.71 bits per heavy atom. The van der Waals surface area contributed by atoms with Crippen molar-refractivity contribution < 1.29 is 8.42 Å². The lowest BCUT2D eigenvalue weighted by Gasteiger charge is -2.12. The van der Waals surface area contributed by atoms with Gasteiger partial charge in [-0.1, -0.05) is 28.4 Å². The van der Waals surface area contributed by atoms with E-state index in [9.17, 15) is 8.42 Å². The zero-order valence-corrected chi connectivity index (χ0v) is 20.8. The Labute approximate surface area is 194 Å². The number of halogens is 1. The Morgan fingerprint density at radius 1 is 1.06 bits per heavy atom. The molecule has 0 spiro atoms. The van der Waals surface area contributed by atoms with E-state index in [-0.39, 0.29) is 10.9 Å². The van der Waals surface area contributed by atoms with Crippen LogP contribution >= 0.6 is 15.9 Å². The molecular weight excluding hydrogens is 498 g/mol. The van der Waals surface area contributed by atoms with Crippen LogP contribution in [-0.2, 0) is 20.7 Å². The smallest absolute Gasteiger partial charge is 0.288 e. The molecule has 0 aliphatic heterocycles. The monoisotopic (exact) mass is 521 g/mol. The molecule has 0 saturated heterocycles. The number of anilines is 3. The normalized spacial score (nSPS) is 12.7. The number of hydrogen-bond acceptors (Lipinski definition) is 6. The number of hydrogen-bond donors (Lipinski definition) is 2. The van der Waals surface area contributed by atoms with E-state index in [1.807, 2.05) is 45.0 Å². The van der Waals surface area contributed by atoms with Crippen LogP contribution in [0.2, 0.25) is 0 Å². The van der Waals surface area contributed by atoms with E-state index < -0.39 is 20.7 Å². The quantitative estimate of drug-likeness (QED) is 0.438. The number of aryl methyl sites for hydroxylation is 1. The molecule has 1 heterocycles. The van der Waals surface area contributed by atoms with Crippen LogP contribution in [0.15, 0.2) is 72.8 Å². The lowest BCUT2D eigenvalue weighted by atomic mass is 10.2. The number of aromatic nitrogens is 2. The number of rotatable bonds is 7. The van der Waals surface area contributed by atoms with Gasteiger partial charge in [0.15, 0.2) is 0 Å². The van der Waals surface area contributed by atoms with Crippen LogP contribution in [0.4, 0.5) is 17.5 Å². The van der Waals surface area contributed by atoms with E-state index in [0.717, 1.165) is 20.6 Å². The van der Waals surface area contributed by atoms with E-state index >= 15 is 0 Å². The van der Waals surface area contributed by atoms with Crippen LogP contribution in [0.5, 0.6) is 0 Å². The Bertz CT molecular complexity index is 1200. The summed E-state index contributed by atoms with van der Waals surface area (Å²) in [6.45, 7) is 5.98. The van der Waals surface area contributed by atoms with E-state index in [0.29, 0.717) is 11.8 Å². The van der Waals surface area contributed by atoms with Gasteiger partial charge in [0.05, 0.1) is 9.37 Å². The topological polar surface area (TPSA) is 96.3 Å². The fraction of sp³-hybridized carbons (Fsp3) is 0.238. The second-order valence-corrected chi connectivity index (χ2v) is 11.5. The first-order valence-electron chi connectivity index (χ1n) is 9.51. The summed E-state index contributed by atoms with van der Waals surface area (Å²) in [5, 5.41) is 6.42. The zero-order chi connectivity index (χ0) is 22.6. The van der Waals surface area contributed by atoms with Gasteiger partial charge >= 0.3 is 0 Å². The third kappa shape index (κ3) is 6.34. The Hall–Kier alpha value is -2.30. The van der Waals surface area contributed by atoms with E-state index in [1.54, 1.807) is 36.7 Å². The van der Waals surface area contributed by atoms with Crippen LogP contribution in [0.1, 0.15) is 19.4 Å². The van der Waals surface area contributed by atoms with Gasteiger partial charge < -0.3 is 10.6 Å². The SMILES string of the molecule is Cc1ccc(S(=O)(=O)N=S(C)c2ccc(Nc3ncc(Br)c(NC(C)C)n3)cc2)cc1. The first kappa shape index (κ1) is 23.4. The number of nitrogens with one attached hydrogen (secondary N) is 2. The molecule has 164 valence electrons. The summed E-state index contributed by atoms with van der Waals surface area (Å²) >= 11 is 3.44. The molecule has 1 aromatic heterocycles. The lowest BCUT2D eigenvalue weighted by Crippen LogP contribution is -2.12. The maximum absolute atomic E-state index is 12.6. The predicted molar refractivity (Wildman–Crippen MR) is 131 cm³/mol. The maximum atomic E-state index is 12.6. The number of sulfonamides is 1.